The summed E-state index contributed by atoms with van der Waals surface area (Å²) >= 11 is 0. The van der Waals surface area contributed by atoms with Gasteiger partial charge in [-0.25, -0.2) is 0 Å². The first-order valence-electron chi connectivity index (χ1n) is 12.4. The summed E-state index contributed by atoms with van der Waals surface area (Å²) < 4.78 is 5.33. The van der Waals surface area contributed by atoms with Crippen molar-refractivity contribution < 1.29 is 14.3 Å². The van der Waals surface area contributed by atoms with E-state index in [1.165, 1.54) is 12.8 Å². The number of hydrogen-bond donors (Lipinski definition) is 0. The van der Waals surface area contributed by atoms with E-state index in [2.05, 4.69) is 6.07 Å². The predicted molar refractivity (Wildman–Crippen MR) is 134 cm³/mol. The normalized spacial score (nSPS) is 15.6. The maximum atomic E-state index is 13.5. The van der Waals surface area contributed by atoms with Crippen LogP contribution in [0.25, 0.3) is 0 Å². The predicted octanol–water partition coefficient (Wildman–Crippen LogP) is 5.75. The van der Waals surface area contributed by atoms with E-state index < -0.39 is 0 Å². The number of carbonyl (C=O) groups is 2. The first-order valence-corrected chi connectivity index (χ1v) is 12.4. The maximum Gasteiger partial charge on any atom is 0.231 e. The molecule has 0 spiro atoms. The molecule has 2 aromatic carbocycles. The monoisotopic (exact) mass is 450 g/mol. The van der Waals surface area contributed by atoms with Gasteiger partial charge in [0.2, 0.25) is 11.8 Å². The lowest BCUT2D eigenvalue weighted by molar-refractivity contribution is -0.132. The van der Waals surface area contributed by atoms with Gasteiger partial charge in [-0.1, -0.05) is 62.9 Å². The second-order valence-electron chi connectivity index (χ2n) is 8.89. The molecule has 0 aromatic heterocycles. The Morgan fingerprint density at radius 2 is 1.61 bits per heavy atom. The third kappa shape index (κ3) is 7.34. The fraction of sp³-hybridized carbons (Fsp3) is 0.500. The molecule has 0 unspecified atom stereocenters. The number of amides is 2. The zero-order chi connectivity index (χ0) is 23.5. The molecule has 0 fully saturated rings. The number of para-hydroxylation sites is 1. The summed E-state index contributed by atoms with van der Waals surface area (Å²) in [4.78, 5) is 30.3. The maximum absolute atomic E-state index is 13.5. The van der Waals surface area contributed by atoms with Crippen molar-refractivity contribution in [2.45, 2.75) is 71.3 Å². The summed E-state index contributed by atoms with van der Waals surface area (Å²) in [5.74, 6) is 1.05. The molecule has 1 aliphatic rings. The van der Waals surface area contributed by atoms with Crippen LogP contribution >= 0.6 is 0 Å². The van der Waals surface area contributed by atoms with Gasteiger partial charge < -0.3 is 14.5 Å². The molecule has 0 radical (unpaired) electrons. The third-order valence-corrected chi connectivity index (χ3v) is 6.31. The van der Waals surface area contributed by atoms with Gasteiger partial charge in [0.25, 0.3) is 0 Å². The Hall–Kier alpha value is -2.82. The summed E-state index contributed by atoms with van der Waals surface area (Å²) in [7, 11) is 1.64. The standard InChI is InChI=1S/C28H38N2O3/c1-3-13-27(31)29-18-10-6-4-5-7-11-19-30(26-17-9-8-15-24(26)22-29)28(32)21-23-14-12-16-25(20-23)33-2/h8-9,12,14-17,20H,3-7,10-11,13,18-19,21-22H2,1-2H3. The van der Waals surface area contributed by atoms with Gasteiger partial charge >= 0.3 is 0 Å². The van der Waals surface area contributed by atoms with E-state index in [0.29, 0.717) is 25.9 Å². The number of carbonyl (C=O) groups excluding carboxylic acids is 2. The molecule has 2 aromatic rings. The quantitative estimate of drug-likeness (QED) is 0.582. The zero-order valence-electron chi connectivity index (χ0n) is 20.2. The third-order valence-electron chi connectivity index (χ3n) is 6.31. The van der Waals surface area contributed by atoms with Gasteiger partial charge in [0, 0.05) is 31.7 Å². The highest BCUT2D eigenvalue weighted by Crippen LogP contribution is 2.26. The molecule has 3 rings (SSSR count). The second-order valence-corrected chi connectivity index (χ2v) is 8.89. The molecule has 0 bridgehead atoms. The van der Waals surface area contributed by atoms with Crippen LogP contribution in [0.2, 0.25) is 0 Å². The van der Waals surface area contributed by atoms with Crippen molar-refractivity contribution >= 4 is 17.5 Å². The molecule has 1 heterocycles. The first-order chi connectivity index (χ1) is 16.1. The molecule has 2 amide bonds. The molecule has 0 saturated heterocycles. The van der Waals surface area contributed by atoms with Gasteiger partial charge in [-0.3, -0.25) is 9.59 Å². The average molecular weight is 451 g/mol. The van der Waals surface area contributed by atoms with E-state index in [0.717, 1.165) is 61.2 Å². The zero-order valence-corrected chi connectivity index (χ0v) is 20.2. The lowest BCUT2D eigenvalue weighted by Gasteiger charge is -2.28. The van der Waals surface area contributed by atoms with Gasteiger partial charge in [-0.15, -0.1) is 0 Å². The summed E-state index contributed by atoms with van der Waals surface area (Å²) in [6, 6.07) is 15.8. The van der Waals surface area contributed by atoms with Gasteiger partial charge in [-0.05, 0) is 48.6 Å². The molecular formula is C28H38N2O3. The summed E-state index contributed by atoms with van der Waals surface area (Å²) in [6.45, 7) is 4.08. The van der Waals surface area contributed by atoms with Crippen LogP contribution in [0.15, 0.2) is 48.5 Å². The summed E-state index contributed by atoms with van der Waals surface area (Å²) in [6.07, 6.45) is 8.38. The lowest BCUT2D eigenvalue weighted by atomic mass is 10.1. The van der Waals surface area contributed by atoms with Gasteiger partial charge in [0.15, 0.2) is 0 Å². The molecule has 5 nitrogen and oxygen atoms in total. The van der Waals surface area contributed by atoms with Crippen LogP contribution in [0.3, 0.4) is 0 Å². The average Bonchev–Trinajstić information content (AvgIpc) is 2.84. The van der Waals surface area contributed by atoms with Crippen molar-refractivity contribution in [3.63, 3.8) is 0 Å². The fourth-order valence-electron chi connectivity index (χ4n) is 4.49. The number of benzene rings is 2. The minimum Gasteiger partial charge on any atom is -0.497 e. The number of rotatable bonds is 5. The van der Waals surface area contributed by atoms with Crippen molar-refractivity contribution in [3.8, 4) is 5.75 Å². The van der Waals surface area contributed by atoms with E-state index in [1.54, 1.807) is 7.11 Å². The van der Waals surface area contributed by atoms with Gasteiger partial charge in [0.1, 0.15) is 5.75 Å². The second kappa shape index (κ2) is 13.0. The Morgan fingerprint density at radius 1 is 0.879 bits per heavy atom. The van der Waals surface area contributed by atoms with Crippen LogP contribution in [0.5, 0.6) is 5.75 Å². The SMILES string of the molecule is CCCC(=O)N1CCCCCCCCN(C(=O)Cc2cccc(OC)c2)c2ccccc2C1. The summed E-state index contributed by atoms with van der Waals surface area (Å²) in [5.41, 5.74) is 2.92. The van der Waals surface area contributed by atoms with Crippen LogP contribution < -0.4 is 9.64 Å². The van der Waals surface area contributed by atoms with Crippen molar-refractivity contribution in [2.75, 3.05) is 25.1 Å². The van der Waals surface area contributed by atoms with Crippen LogP contribution in [0.4, 0.5) is 5.69 Å². The van der Waals surface area contributed by atoms with E-state index in [9.17, 15) is 9.59 Å². The first kappa shape index (κ1) is 24.8. The van der Waals surface area contributed by atoms with E-state index in [4.69, 9.17) is 4.74 Å². The fourth-order valence-corrected chi connectivity index (χ4v) is 4.49. The Balaban J connectivity index is 1.89. The van der Waals surface area contributed by atoms with E-state index >= 15 is 0 Å². The van der Waals surface area contributed by atoms with Gasteiger partial charge in [0.05, 0.1) is 13.5 Å². The van der Waals surface area contributed by atoms with Gasteiger partial charge in [-0.2, -0.15) is 0 Å². The highest BCUT2D eigenvalue weighted by Gasteiger charge is 2.22. The molecule has 0 N–H and O–H groups in total. The molecule has 5 heteroatoms. The van der Waals surface area contributed by atoms with Crippen LogP contribution in [-0.2, 0) is 22.6 Å². The molecule has 0 saturated carbocycles. The van der Waals surface area contributed by atoms with Crippen molar-refractivity contribution in [1.29, 1.82) is 0 Å². The molecule has 1 aliphatic heterocycles. The number of ether oxygens (including phenoxy) is 1. The van der Waals surface area contributed by atoms with Crippen molar-refractivity contribution in [3.05, 3.63) is 59.7 Å². The Bertz CT molecular complexity index is 912. The highest BCUT2D eigenvalue weighted by molar-refractivity contribution is 5.95. The molecule has 0 atom stereocenters. The van der Waals surface area contributed by atoms with Crippen LogP contribution in [-0.4, -0.2) is 36.9 Å². The van der Waals surface area contributed by atoms with Crippen LogP contribution in [0, 0.1) is 0 Å². The number of nitrogens with zero attached hydrogens (tertiary/aromatic N) is 2. The lowest BCUT2D eigenvalue weighted by Crippen LogP contribution is -2.36. The number of fused-ring (bicyclic) bond motifs is 1. The van der Waals surface area contributed by atoms with E-state index in [-0.39, 0.29) is 11.8 Å². The Labute approximate surface area is 198 Å². The van der Waals surface area contributed by atoms with Crippen molar-refractivity contribution in [1.82, 2.24) is 4.90 Å². The largest absolute Gasteiger partial charge is 0.497 e. The number of hydrogen-bond acceptors (Lipinski definition) is 3. The number of methoxy groups -OCH3 is 1. The smallest absolute Gasteiger partial charge is 0.231 e. The van der Waals surface area contributed by atoms with E-state index in [1.807, 2.05) is 59.2 Å². The Kier molecular flexibility index (Phi) is 9.79. The summed E-state index contributed by atoms with van der Waals surface area (Å²) in [5, 5.41) is 0. The molecule has 33 heavy (non-hydrogen) atoms. The van der Waals surface area contributed by atoms with Crippen molar-refractivity contribution in [2.24, 2.45) is 0 Å². The molecule has 178 valence electrons. The molecular weight excluding hydrogens is 412 g/mol. The topological polar surface area (TPSA) is 49.9 Å². The minimum atomic E-state index is 0.0806. The molecule has 0 aliphatic carbocycles. The highest BCUT2D eigenvalue weighted by atomic mass is 16.5. The number of anilines is 1. The van der Waals surface area contributed by atoms with Crippen LogP contribution in [0.1, 0.15) is 69.4 Å². The Morgan fingerprint density at radius 3 is 2.36 bits per heavy atom. The minimum absolute atomic E-state index is 0.0806.